The second kappa shape index (κ2) is 11.2. The molecule has 9 heteroatoms. The summed E-state index contributed by atoms with van der Waals surface area (Å²) >= 11 is 8.31. The van der Waals surface area contributed by atoms with Crippen molar-refractivity contribution in [2.24, 2.45) is 0 Å². The minimum absolute atomic E-state index is 0.182. The molecule has 6 nitrogen and oxygen atoms in total. The number of benzene rings is 1. The van der Waals surface area contributed by atoms with Crippen LogP contribution in [-0.2, 0) is 17.6 Å². The molecule has 0 bridgehead atoms. The first-order valence-electron chi connectivity index (χ1n) is 10.2. The zero-order valence-corrected chi connectivity index (χ0v) is 20.6. The monoisotopic (exact) mass is 487 g/mol. The average Bonchev–Trinajstić information content (AvgIpc) is 3.35. The molecule has 0 radical (unpaired) electrons. The Bertz CT molecular complexity index is 1110. The van der Waals surface area contributed by atoms with Gasteiger partial charge in [0.2, 0.25) is 0 Å². The van der Waals surface area contributed by atoms with Crippen LogP contribution < -0.4 is 16.2 Å². The molecule has 0 aliphatic carbocycles. The van der Waals surface area contributed by atoms with Gasteiger partial charge in [-0.15, -0.1) is 22.7 Å². The Kier molecular flexibility index (Phi) is 8.38. The van der Waals surface area contributed by atoms with Crippen LogP contribution in [0.1, 0.15) is 55.4 Å². The van der Waals surface area contributed by atoms with Gasteiger partial charge in [-0.05, 0) is 49.7 Å². The number of thiocarbonyl (C=S) groups is 1. The number of anilines is 1. The summed E-state index contributed by atoms with van der Waals surface area (Å²) in [4.78, 5) is 27.1. The van der Waals surface area contributed by atoms with Crippen LogP contribution in [0.15, 0.2) is 41.8 Å². The molecule has 0 spiro atoms. The van der Waals surface area contributed by atoms with E-state index in [0.717, 1.165) is 27.3 Å². The van der Waals surface area contributed by atoms with Crippen molar-refractivity contribution in [2.75, 3.05) is 11.9 Å². The van der Waals surface area contributed by atoms with Crippen molar-refractivity contribution in [1.82, 2.24) is 10.9 Å². The summed E-state index contributed by atoms with van der Waals surface area (Å²) in [6, 6.07) is 11.8. The Balaban J connectivity index is 1.69. The van der Waals surface area contributed by atoms with Crippen molar-refractivity contribution in [2.45, 2.75) is 33.6 Å². The maximum absolute atomic E-state index is 12.5. The fourth-order valence-corrected chi connectivity index (χ4v) is 5.45. The number of nitrogens with one attached hydrogen (secondary N) is 3. The number of hydrazine groups is 1. The molecular formula is C23H25N3O3S3. The molecule has 0 saturated heterocycles. The number of rotatable bonds is 7. The number of hydrogen-bond donors (Lipinski definition) is 3. The maximum atomic E-state index is 12.5. The molecule has 2 aromatic heterocycles. The summed E-state index contributed by atoms with van der Waals surface area (Å²) in [5.41, 5.74) is 8.58. The SMILES string of the molecule is CCOC(=O)c1cc(Cc2ccccc2)sc1NC(=S)NNC(=O)c1csc(C)c1CC. The van der Waals surface area contributed by atoms with Crippen molar-refractivity contribution in [3.05, 3.63) is 73.8 Å². The molecule has 0 atom stereocenters. The van der Waals surface area contributed by atoms with Gasteiger partial charge < -0.3 is 10.1 Å². The molecule has 1 amide bonds. The molecule has 3 aromatic rings. The van der Waals surface area contributed by atoms with Gasteiger partial charge in [-0.2, -0.15) is 0 Å². The molecule has 0 aliphatic rings. The van der Waals surface area contributed by atoms with Gasteiger partial charge in [0.1, 0.15) is 5.00 Å². The summed E-state index contributed by atoms with van der Waals surface area (Å²) < 4.78 is 5.19. The lowest BCUT2D eigenvalue weighted by molar-refractivity contribution is 0.0528. The third kappa shape index (κ3) is 5.93. The molecule has 168 valence electrons. The number of carbonyl (C=O) groups excluding carboxylic acids is 2. The highest BCUT2D eigenvalue weighted by Gasteiger charge is 2.19. The average molecular weight is 488 g/mol. The first-order chi connectivity index (χ1) is 15.4. The van der Waals surface area contributed by atoms with Gasteiger partial charge in [-0.25, -0.2) is 4.79 Å². The number of hydrogen-bond acceptors (Lipinski definition) is 6. The summed E-state index contributed by atoms with van der Waals surface area (Å²) in [7, 11) is 0. The van der Waals surface area contributed by atoms with E-state index in [1.807, 2.05) is 55.6 Å². The van der Waals surface area contributed by atoms with E-state index in [1.165, 1.54) is 11.3 Å². The normalized spacial score (nSPS) is 10.5. The molecule has 3 N–H and O–H groups in total. The Morgan fingerprint density at radius 3 is 2.53 bits per heavy atom. The summed E-state index contributed by atoms with van der Waals surface area (Å²) in [6.45, 7) is 6.06. The standard InChI is InChI=1S/C23H25N3O3S3/c1-4-17-14(3)31-13-19(17)20(27)25-26-23(30)24-21-18(22(28)29-5-2)12-16(32-21)11-15-9-7-6-8-10-15/h6-10,12-13H,4-5,11H2,1-3H3,(H,25,27)(H2,24,26,30). The molecule has 0 unspecified atom stereocenters. The van der Waals surface area contributed by atoms with Crippen LogP contribution in [0.4, 0.5) is 5.00 Å². The molecule has 0 fully saturated rings. The third-order valence-electron chi connectivity index (χ3n) is 4.72. The fraction of sp³-hybridized carbons (Fsp3) is 0.261. The topological polar surface area (TPSA) is 79.5 Å². The van der Waals surface area contributed by atoms with Crippen LogP contribution in [-0.4, -0.2) is 23.6 Å². The highest BCUT2D eigenvalue weighted by molar-refractivity contribution is 7.80. The van der Waals surface area contributed by atoms with Gasteiger partial charge >= 0.3 is 5.97 Å². The maximum Gasteiger partial charge on any atom is 0.341 e. The smallest absolute Gasteiger partial charge is 0.341 e. The Morgan fingerprint density at radius 2 is 1.84 bits per heavy atom. The molecule has 3 rings (SSSR count). The second-order valence-corrected chi connectivity index (χ2v) is 9.54. The van der Waals surface area contributed by atoms with E-state index in [0.29, 0.717) is 22.5 Å². The Morgan fingerprint density at radius 1 is 1.09 bits per heavy atom. The van der Waals surface area contributed by atoms with E-state index < -0.39 is 5.97 Å². The Labute approximate surface area is 201 Å². The molecular weight excluding hydrogens is 462 g/mol. The zero-order valence-electron chi connectivity index (χ0n) is 18.1. The van der Waals surface area contributed by atoms with Crippen molar-refractivity contribution < 1.29 is 14.3 Å². The lowest BCUT2D eigenvalue weighted by Crippen LogP contribution is -2.43. The summed E-state index contributed by atoms with van der Waals surface area (Å²) in [6.07, 6.45) is 1.47. The van der Waals surface area contributed by atoms with E-state index in [2.05, 4.69) is 16.2 Å². The van der Waals surface area contributed by atoms with Crippen LogP contribution in [0.3, 0.4) is 0 Å². The van der Waals surface area contributed by atoms with Gasteiger partial charge in [-0.3, -0.25) is 15.6 Å². The number of ether oxygens (including phenoxy) is 1. The molecule has 2 heterocycles. The van der Waals surface area contributed by atoms with Crippen LogP contribution >= 0.6 is 34.9 Å². The van der Waals surface area contributed by atoms with Crippen molar-refractivity contribution >= 4 is 56.9 Å². The first-order valence-corrected chi connectivity index (χ1v) is 12.3. The van der Waals surface area contributed by atoms with Crippen molar-refractivity contribution in [1.29, 1.82) is 0 Å². The predicted octanol–water partition coefficient (Wildman–Crippen LogP) is 5.08. The van der Waals surface area contributed by atoms with Gasteiger partial charge in [0, 0.05) is 21.6 Å². The van der Waals surface area contributed by atoms with E-state index >= 15 is 0 Å². The quantitative estimate of drug-likeness (QED) is 0.245. The Hall–Kier alpha value is -2.75. The lowest BCUT2D eigenvalue weighted by atomic mass is 10.1. The van der Waals surface area contributed by atoms with Gasteiger partial charge in [0.25, 0.3) is 5.91 Å². The van der Waals surface area contributed by atoms with Crippen molar-refractivity contribution in [3.63, 3.8) is 0 Å². The lowest BCUT2D eigenvalue weighted by Gasteiger charge is -2.12. The fourth-order valence-electron chi connectivity index (χ4n) is 3.20. The van der Waals surface area contributed by atoms with Crippen molar-refractivity contribution in [3.8, 4) is 0 Å². The van der Waals surface area contributed by atoms with E-state index in [1.54, 1.807) is 18.3 Å². The number of thiophene rings is 2. The van der Waals surface area contributed by atoms with Gasteiger partial charge in [0.05, 0.1) is 17.7 Å². The van der Waals surface area contributed by atoms with Crippen LogP contribution in [0, 0.1) is 6.92 Å². The molecule has 0 saturated carbocycles. The minimum atomic E-state index is -0.418. The molecule has 1 aromatic carbocycles. The third-order valence-corrected chi connectivity index (χ3v) is 6.93. The first kappa shape index (κ1) is 23.9. The van der Waals surface area contributed by atoms with Crippen LogP contribution in [0.5, 0.6) is 0 Å². The highest BCUT2D eigenvalue weighted by atomic mass is 32.1. The van der Waals surface area contributed by atoms with E-state index in [4.69, 9.17) is 17.0 Å². The van der Waals surface area contributed by atoms with Crippen LogP contribution in [0.2, 0.25) is 0 Å². The van der Waals surface area contributed by atoms with E-state index in [-0.39, 0.29) is 17.6 Å². The zero-order chi connectivity index (χ0) is 23.1. The number of amides is 1. The summed E-state index contributed by atoms with van der Waals surface area (Å²) in [5.74, 6) is -0.671. The second-order valence-electron chi connectivity index (χ2n) is 6.91. The summed E-state index contributed by atoms with van der Waals surface area (Å²) in [5, 5.41) is 5.62. The highest BCUT2D eigenvalue weighted by Crippen LogP contribution is 2.30. The number of esters is 1. The largest absolute Gasteiger partial charge is 0.462 e. The number of carbonyl (C=O) groups is 2. The predicted molar refractivity (Wildman–Crippen MR) is 135 cm³/mol. The minimum Gasteiger partial charge on any atom is -0.462 e. The molecule has 32 heavy (non-hydrogen) atoms. The molecule has 0 aliphatic heterocycles. The van der Waals surface area contributed by atoms with Crippen LogP contribution in [0.25, 0.3) is 0 Å². The number of aryl methyl sites for hydroxylation is 1. The van der Waals surface area contributed by atoms with Gasteiger partial charge in [-0.1, -0.05) is 37.3 Å². The van der Waals surface area contributed by atoms with Gasteiger partial charge in [0.15, 0.2) is 5.11 Å². The van der Waals surface area contributed by atoms with E-state index in [9.17, 15) is 9.59 Å².